The predicted octanol–water partition coefficient (Wildman–Crippen LogP) is 2.18. The van der Waals surface area contributed by atoms with Crippen molar-refractivity contribution < 1.29 is 9.90 Å². The molecule has 0 spiro atoms. The van der Waals surface area contributed by atoms with Gasteiger partial charge in [0.15, 0.2) is 0 Å². The third kappa shape index (κ3) is 2.94. The largest absolute Gasteiger partial charge is 0.480 e. The van der Waals surface area contributed by atoms with Crippen molar-refractivity contribution in [3.05, 3.63) is 5.82 Å². The second kappa shape index (κ2) is 5.44. The van der Waals surface area contributed by atoms with Crippen LogP contribution in [0.5, 0.6) is 0 Å². The fourth-order valence-corrected chi connectivity index (χ4v) is 2.49. The first-order valence-electron chi connectivity index (χ1n) is 5.77. The number of likely N-dealkylation sites (N-methyl/N-ethyl adjacent to an activating group) is 1. The van der Waals surface area contributed by atoms with Crippen molar-refractivity contribution in [1.82, 2.24) is 9.36 Å². The molecular weight excluding hydrogens is 238 g/mol. The van der Waals surface area contributed by atoms with Gasteiger partial charge in [-0.15, -0.1) is 0 Å². The number of hydrogen-bond donors (Lipinski definition) is 1. The molecule has 0 saturated heterocycles. The minimum absolute atomic E-state index is 0.597. The van der Waals surface area contributed by atoms with Gasteiger partial charge in [-0.1, -0.05) is 6.92 Å². The van der Waals surface area contributed by atoms with Gasteiger partial charge in [-0.25, -0.2) is 9.78 Å². The molecule has 1 heterocycles. The fraction of sp³-hybridized carbons (Fsp3) is 0.727. The molecular formula is C11H19N3O2S. The fourth-order valence-electron chi connectivity index (χ4n) is 1.56. The molecule has 17 heavy (non-hydrogen) atoms. The molecule has 6 heteroatoms. The van der Waals surface area contributed by atoms with Crippen LogP contribution in [0.3, 0.4) is 0 Å². The van der Waals surface area contributed by atoms with Crippen LogP contribution in [0.25, 0.3) is 0 Å². The number of rotatable bonds is 6. The molecule has 1 N–H and O–H groups in total. The Kier molecular flexibility index (Phi) is 4.45. The van der Waals surface area contributed by atoms with E-state index in [0.29, 0.717) is 11.7 Å². The number of carboxylic acids is 1. The number of nitrogens with zero attached hydrogens (tertiary/aromatic N) is 3. The quantitative estimate of drug-likeness (QED) is 0.846. The van der Waals surface area contributed by atoms with Gasteiger partial charge < -0.3 is 10.0 Å². The summed E-state index contributed by atoms with van der Waals surface area (Å²) < 4.78 is 4.24. The Hall–Kier alpha value is -1.17. The summed E-state index contributed by atoms with van der Waals surface area (Å²) in [5, 5.41) is 9.91. The van der Waals surface area contributed by atoms with Crippen molar-refractivity contribution in [2.24, 2.45) is 0 Å². The van der Waals surface area contributed by atoms with Crippen LogP contribution >= 0.6 is 11.5 Å². The van der Waals surface area contributed by atoms with E-state index in [1.165, 1.54) is 11.5 Å². The number of aromatic nitrogens is 2. The normalized spacial score (nSPS) is 11.5. The van der Waals surface area contributed by atoms with Crippen LogP contribution in [0, 0.1) is 0 Å². The predicted molar refractivity (Wildman–Crippen MR) is 68.6 cm³/mol. The van der Waals surface area contributed by atoms with Crippen LogP contribution in [0.4, 0.5) is 5.13 Å². The first kappa shape index (κ1) is 13.9. The van der Waals surface area contributed by atoms with E-state index in [4.69, 9.17) is 0 Å². The Morgan fingerprint density at radius 3 is 2.59 bits per heavy atom. The molecule has 0 amide bonds. The van der Waals surface area contributed by atoms with Crippen molar-refractivity contribution in [2.75, 3.05) is 11.4 Å². The maximum absolute atomic E-state index is 11.2. The molecule has 0 unspecified atom stereocenters. The molecule has 0 fully saturated rings. The monoisotopic (exact) mass is 257 g/mol. The van der Waals surface area contributed by atoms with E-state index in [2.05, 4.69) is 16.3 Å². The molecule has 0 saturated carbocycles. The van der Waals surface area contributed by atoms with Crippen molar-refractivity contribution in [3.63, 3.8) is 0 Å². The first-order chi connectivity index (χ1) is 7.93. The van der Waals surface area contributed by atoms with E-state index < -0.39 is 11.5 Å². The first-order valence-corrected chi connectivity index (χ1v) is 6.54. The lowest BCUT2D eigenvalue weighted by atomic mass is 10.0. The summed E-state index contributed by atoms with van der Waals surface area (Å²) in [6, 6.07) is 0. The van der Waals surface area contributed by atoms with Gasteiger partial charge in [0.1, 0.15) is 11.4 Å². The Labute approximate surface area is 106 Å². The highest BCUT2D eigenvalue weighted by atomic mass is 32.1. The van der Waals surface area contributed by atoms with Crippen molar-refractivity contribution in [2.45, 2.75) is 46.1 Å². The molecule has 0 radical (unpaired) electrons. The third-order valence-electron chi connectivity index (χ3n) is 2.68. The number of anilines is 1. The van der Waals surface area contributed by atoms with Crippen LogP contribution in [0.1, 0.15) is 39.9 Å². The van der Waals surface area contributed by atoms with E-state index in [1.54, 1.807) is 18.7 Å². The van der Waals surface area contributed by atoms with Crippen LogP contribution in [-0.4, -0.2) is 32.5 Å². The summed E-state index contributed by atoms with van der Waals surface area (Å²) in [6.07, 6.45) is 1.83. The van der Waals surface area contributed by atoms with Gasteiger partial charge in [-0.3, -0.25) is 0 Å². The molecule has 96 valence electrons. The summed E-state index contributed by atoms with van der Waals surface area (Å²) in [7, 11) is 0. The highest BCUT2D eigenvalue weighted by molar-refractivity contribution is 7.09. The second-order valence-electron chi connectivity index (χ2n) is 4.35. The topological polar surface area (TPSA) is 66.3 Å². The van der Waals surface area contributed by atoms with Gasteiger partial charge in [0.2, 0.25) is 5.13 Å². The van der Waals surface area contributed by atoms with Crippen LogP contribution in [-0.2, 0) is 11.2 Å². The Balaban J connectivity index is 2.97. The minimum Gasteiger partial charge on any atom is -0.480 e. The van der Waals surface area contributed by atoms with Crippen LogP contribution < -0.4 is 4.90 Å². The number of carbonyl (C=O) groups is 1. The molecule has 1 rings (SSSR count). The van der Waals surface area contributed by atoms with E-state index in [9.17, 15) is 9.90 Å². The SMILES string of the molecule is CCCc1nsc(N(CC)C(C)(C)C(=O)O)n1. The highest BCUT2D eigenvalue weighted by Crippen LogP contribution is 2.26. The molecule has 5 nitrogen and oxygen atoms in total. The maximum atomic E-state index is 11.2. The molecule has 0 aromatic carbocycles. The lowest BCUT2D eigenvalue weighted by Crippen LogP contribution is -2.50. The number of hydrogen-bond acceptors (Lipinski definition) is 5. The van der Waals surface area contributed by atoms with E-state index in [1.807, 2.05) is 6.92 Å². The van der Waals surface area contributed by atoms with Gasteiger partial charge in [0.05, 0.1) is 0 Å². The second-order valence-corrected chi connectivity index (χ2v) is 5.08. The lowest BCUT2D eigenvalue weighted by molar-refractivity contribution is -0.142. The standard InChI is InChI=1S/C11H19N3O2S/c1-5-7-8-12-10(17-13-8)14(6-2)11(3,4)9(15)16/h5-7H2,1-4H3,(H,15,16). The third-order valence-corrected chi connectivity index (χ3v) is 3.45. The van der Waals surface area contributed by atoms with Crippen LogP contribution in [0.2, 0.25) is 0 Å². The Bertz CT molecular complexity index is 390. The Morgan fingerprint density at radius 2 is 2.12 bits per heavy atom. The van der Waals surface area contributed by atoms with Crippen LogP contribution in [0.15, 0.2) is 0 Å². The molecule has 1 aromatic heterocycles. The van der Waals surface area contributed by atoms with Crippen molar-refractivity contribution in [3.8, 4) is 0 Å². The average Bonchev–Trinajstić information content (AvgIpc) is 2.67. The van der Waals surface area contributed by atoms with Gasteiger partial charge >= 0.3 is 5.97 Å². The summed E-state index contributed by atoms with van der Waals surface area (Å²) in [5.41, 5.74) is -0.961. The zero-order valence-corrected chi connectivity index (χ0v) is 11.5. The number of aliphatic carboxylic acids is 1. The maximum Gasteiger partial charge on any atom is 0.329 e. The van der Waals surface area contributed by atoms with Crippen molar-refractivity contribution >= 4 is 22.6 Å². The summed E-state index contributed by atoms with van der Waals surface area (Å²) in [4.78, 5) is 17.4. The van der Waals surface area contributed by atoms with Gasteiger partial charge in [0.25, 0.3) is 0 Å². The molecule has 0 aliphatic carbocycles. The van der Waals surface area contributed by atoms with E-state index in [-0.39, 0.29) is 0 Å². The number of carboxylic acid groups (broad SMARTS) is 1. The molecule has 0 aliphatic heterocycles. The van der Waals surface area contributed by atoms with Crippen molar-refractivity contribution in [1.29, 1.82) is 0 Å². The van der Waals surface area contributed by atoms with E-state index >= 15 is 0 Å². The smallest absolute Gasteiger partial charge is 0.329 e. The molecule has 0 aliphatic rings. The summed E-state index contributed by atoms with van der Waals surface area (Å²) in [6.45, 7) is 7.95. The zero-order valence-electron chi connectivity index (χ0n) is 10.7. The molecule has 1 aromatic rings. The van der Waals surface area contributed by atoms with E-state index in [0.717, 1.165) is 18.7 Å². The molecule has 0 atom stereocenters. The molecule has 0 bridgehead atoms. The summed E-state index contributed by atoms with van der Waals surface area (Å²) in [5.74, 6) is -0.0567. The minimum atomic E-state index is -0.961. The zero-order chi connectivity index (χ0) is 13.1. The average molecular weight is 257 g/mol. The highest BCUT2D eigenvalue weighted by Gasteiger charge is 2.35. The Morgan fingerprint density at radius 1 is 1.47 bits per heavy atom. The lowest BCUT2D eigenvalue weighted by Gasteiger charge is -2.33. The summed E-state index contributed by atoms with van der Waals surface area (Å²) >= 11 is 1.27. The number of aryl methyl sites for hydroxylation is 1. The van der Waals surface area contributed by atoms with Gasteiger partial charge in [-0.05, 0) is 27.2 Å². The van der Waals surface area contributed by atoms with Gasteiger partial charge in [0, 0.05) is 24.5 Å². The van der Waals surface area contributed by atoms with Gasteiger partial charge in [-0.2, -0.15) is 4.37 Å².